The molecule has 0 aliphatic carbocycles. The van der Waals surface area contributed by atoms with Crippen molar-refractivity contribution >= 4 is 28.6 Å². The van der Waals surface area contributed by atoms with Crippen molar-refractivity contribution in [2.24, 2.45) is 7.05 Å². The number of fused-ring (bicyclic) bond motifs is 1. The Morgan fingerprint density at radius 3 is 2.71 bits per heavy atom. The van der Waals surface area contributed by atoms with Gasteiger partial charge >= 0.3 is 0 Å². The molecule has 0 saturated heterocycles. The molecule has 2 aromatic heterocycles. The molecule has 116 valence electrons. The third-order valence-electron chi connectivity index (χ3n) is 3.55. The molecule has 0 saturated carbocycles. The molecule has 2 rings (SSSR count). The van der Waals surface area contributed by atoms with Gasteiger partial charge in [0.15, 0.2) is 5.65 Å². The van der Waals surface area contributed by atoms with Crippen LogP contribution in [0.3, 0.4) is 0 Å². The fraction of sp³-hybridized carbons (Fsp3) is 0.643. The lowest BCUT2D eigenvalue weighted by atomic mass is 10.4. The maximum absolute atomic E-state index is 4.62. The van der Waals surface area contributed by atoms with Crippen molar-refractivity contribution < 1.29 is 0 Å². The first kappa shape index (κ1) is 16.0. The van der Waals surface area contributed by atoms with E-state index in [1.165, 1.54) is 0 Å². The summed E-state index contributed by atoms with van der Waals surface area (Å²) in [6.45, 7) is 7.74. The topological polar surface area (TPSA) is 58.9 Å². The van der Waals surface area contributed by atoms with E-state index in [1.54, 1.807) is 10.9 Å². The van der Waals surface area contributed by atoms with Crippen LogP contribution in [0, 0.1) is 0 Å². The van der Waals surface area contributed by atoms with Gasteiger partial charge in [0, 0.05) is 26.4 Å². The lowest BCUT2D eigenvalue weighted by Crippen LogP contribution is -2.25. The molecule has 2 heterocycles. The minimum atomic E-state index is 0.830. The van der Waals surface area contributed by atoms with E-state index in [2.05, 4.69) is 39.1 Å². The van der Waals surface area contributed by atoms with Crippen molar-refractivity contribution in [2.45, 2.75) is 19.6 Å². The van der Waals surface area contributed by atoms with E-state index in [1.807, 2.05) is 25.9 Å². The lowest BCUT2D eigenvalue weighted by Gasteiger charge is -2.17. The van der Waals surface area contributed by atoms with E-state index in [0.717, 1.165) is 53.8 Å². The van der Waals surface area contributed by atoms with Gasteiger partial charge in [-0.25, -0.2) is 9.97 Å². The Morgan fingerprint density at radius 2 is 2.05 bits per heavy atom. The van der Waals surface area contributed by atoms with Gasteiger partial charge in [0.1, 0.15) is 11.6 Å². The van der Waals surface area contributed by atoms with Gasteiger partial charge in [-0.05, 0) is 13.1 Å². The molecule has 0 bridgehead atoms. The summed E-state index contributed by atoms with van der Waals surface area (Å²) in [4.78, 5) is 11.6. The summed E-state index contributed by atoms with van der Waals surface area (Å²) < 4.78 is 1.79. The molecule has 0 unspecified atom stereocenters. The molecule has 0 aliphatic heterocycles. The van der Waals surface area contributed by atoms with Crippen LogP contribution in [-0.2, 0) is 12.8 Å². The molecule has 6 nitrogen and oxygen atoms in total. The van der Waals surface area contributed by atoms with Gasteiger partial charge in [0.05, 0.1) is 17.3 Å². The molecule has 0 fully saturated rings. The molecule has 0 spiro atoms. The van der Waals surface area contributed by atoms with E-state index >= 15 is 0 Å². The highest BCUT2D eigenvalue weighted by molar-refractivity contribution is 7.98. The second kappa shape index (κ2) is 7.61. The van der Waals surface area contributed by atoms with Gasteiger partial charge in [-0.2, -0.15) is 16.9 Å². The van der Waals surface area contributed by atoms with Crippen molar-refractivity contribution in [2.75, 3.05) is 37.8 Å². The number of aryl methyl sites for hydroxylation is 1. The zero-order valence-electron chi connectivity index (χ0n) is 13.3. The number of nitrogens with one attached hydrogen (secondary N) is 1. The second-order valence-electron chi connectivity index (χ2n) is 4.82. The normalized spacial score (nSPS) is 11.5. The van der Waals surface area contributed by atoms with E-state index in [9.17, 15) is 0 Å². The Hall–Kier alpha value is -1.34. The molecule has 0 aromatic carbocycles. The van der Waals surface area contributed by atoms with Crippen molar-refractivity contribution in [3.8, 4) is 0 Å². The van der Waals surface area contributed by atoms with Crippen molar-refractivity contribution in [3.63, 3.8) is 0 Å². The smallest absolute Gasteiger partial charge is 0.163 e. The Morgan fingerprint density at radius 1 is 1.29 bits per heavy atom. The van der Waals surface area contributed by atoms with Crippen LogP contribution >= 0.6 is 11.8 Å². The Balaban J connectivity index is 2.00. The predicted octanol–water partition coefficient (Wildman–Crippen LogP) is 1.98. The third kappa shape index (κ3) is 3.85. The standard InChI is InChI=1S/C14H24N6S/c1-5-20(6-2)7-8-21-10-12-17-13(15-3)11-9-16-19(4)14(11)18-12/h9H,5-8,10H2,1-4H3,(H,15,17,18). The fourth-order valence-electron chi connectivity index (χ4n) is 2.22. The van der Waals surface area contributed by atoms with E-state index in [4.69, 9.17) is 0 Å². The highest BCUT2D eigenvalue weighted by Gasteiger charge is 2.10. The minimum Gasteiger partial charge on any atom is -0.372 e. The van der Waals surface area contributed by atoms with Gasteiger partial charge in [0.25, 0.3) is 0 Å². The second-order valence-corrected chi connectivity index (χ2v) is 5.93. The molecule has 7 heteroatoms. The molecule has 0 atom stereocenters. The quantitative estimate of drug-likeness (QED) is 0.753. The summed E-state index contributed by atoms with van der Waals surface area (Å²) in [6, 6.07) is 0. The van der Waals surface area contributed by atoms with Crippen LogP contribution in [0.2, 0.25) is 0 Å². The van der Waals surface area contributed by atoms with E-state index < -0.39 is 0 Å². The van der Waals surface area contributed by atoms with Gasteiger partial charge in [-0.3, -0.25) is 4.68 Å². The summed E-state index contributed by atoms with van der Waals surface area (Å²) in [5.74, 6) is 3.65. The number of aromatic nitrogens is 4. The maximum Gasteiger partial charge on any atom is 0.163 e. The van der Waals surface area contributed by atoms with Crippen molar-refractivity contribution in [3.05, 3.63) is 12.0 Å². The molecule has 21 heavy (non-hydrogen) atoms. The Kier molecular flexibility index (Phi) is 5.81. The number of rotatable bonds is 8. The van der Waals surface area contributed by atoms with E-state index in [0.29, 0.717) is 0 Å². The number of nitrogens with zero attached hydrogens (tertiary/aromatic N) is 5. The first-order valence-electron chi connectivity index (χ1n) is 7.36. The summed E-state index contributed by atoms with van der Waals surface area (Å²) in [5.41, 5.74) is 0.883. The van der Waals surface area contributed by atoms with Crippen LogP contribution in [0.25, 0.3) is 11.0 Å². The van der Waals surface area contributed by atoms with Gasteiger partial charge in [0.2, 0.25) is 0 Å². The molecule has 1 N–H and O–H groups in total. The maximum atomic E-state index is 4.62. The largest absolute Gasteiger partial charge is 0.372 e. The van der Waals surface area contributed by atoms with Crippen LogP contribution in [-0.4, -0.2) is 57.1 Å². The van der Waals surface area contributed by atoms with Gasteiger partial charge in [-0.1, -0.05) is 13.8 Å². The average molecular weight is 308 g/mol. The lowest BCUT2D eigenvalue weighted by molar-refractivity contribution is 0.324. The number of hydrogen-bond donors (Lipinski definition) is 1. The summed E-state index contributed by atoms with van der Waals surface area (Å²) in [5, 5.41) is 8.35. The fourth-order valence-corrected chi connectivity index (χ4v) is 3.06. The molecule has 0 amide bonds. The van der Waals surface area contributed by atoms with Gasteiger partial charge < -0.3 is 10.2 Å². The van der Waals surface area contributed by atoms with Crippen LogP contribution in [0.1, 0.15) is 19.7 Å². The highest BCUT2D eigenvalue weighted by Crippen LogP contribution is 2.20. The highest BCUT2D eigenvalue weighted by atomic mass is 32.2. The molecule has 2 aromatic rings. The number of thioether (sulfide) groups is 1. The summed E-state index contributed by atoms with van der Waals surface area (Å²) >= 11 is 1.88. The van der Waals surface area contributed by atoms with Crippen LogP contribution in [0.4, 0.5) is 5.82 Å². The molecular formula is C14H24N6S. The van der Waals surface area contributed by atoms with Crippen LogP contribution in [0.15, 0.2) is 6.20 Å². The monoisotopic (exact) mass is 308 g/mol. The van der Waals surface area contributed by atoms with Crippen LogP contribution in [0.5, 0.6) is 0 Å². The predicted molar refractivity (Wildman–Crippen MR) is 89.8 cm³/mol. The summed E-state index contributed by atoms with van der Waals surface area (Å²) in [6.07, 6.45) is 1.80. The first-order chi connectivity index (χ1) is 10.2. The zero-order valence-corrected chi connectivity index (χ0v) is 14.1. The van der Waals surface area contributed by atoms with Crippen LogP contribution < -0.4 is 5.32 Å². The first-order valence-corrected chi connectivity index (χ1v) is 8.51. The number of anilines is 1. The Labute approximate surface area is 130 Å². The summed E-state index contributed by atoms with van der Waals surface area (Å²) in [7, 11) is 3.79. The van der Waals surface area contributed by atoms with E-state index in [-0.39, 0.29) is 0 Å². The van der Waals surface area contributed by atoms with Gasteiger partial charge in [-0.15, -0.1) is 0 Å². The number of hydrogen-bond acceptors (Lipinski definition) is 6. The van der Waals surface area contributed by atoms with Crippen molar-refractivity contribution in [1.29, 1.82) is 0 Å². The minimum absolute atomic E-state index is 0.830. The SMILES string of the molecule is CCN(CC)CCSCc1nc(NC)c2cnn(C)c2n1. The molecule has 0 radical (unpaired) electrons. The molecule has 0 aliphatic rings. The third-order valence-corrected chi connectivity index (χ3v) is 4.49. The molecular weight excluding hydrogens is 284 g/mol. The van der Waals surface area contributed by atoms with Crippen molar-refractivity contribution in [1.82, 2.24) is 24.6 Å². The average Bonchev–Trinajstić information content (AvgIpc) is 2.88. The zero-order chi connectivity index (χ0) is 15.2. The Bertz CT molecular complexity index is 578.